The largest absolute Gasteiger partial charge is 0.399 e. The second-order valence-corrected chi connectivity index (χ2v) is 5.70. The molecule has 1 aliphatic rings. The van der Waals surface area contributed by atoms with Crippen molar-refractivity contribution in [1.82, 2.24) is 4.90 Å². The molecule has 1 aromatic rings. The van der Waals surface area contributed by atoms with Gasteiger partial charge in [-0.25, -0.2) is 4.79 Å². The fourth-order valence-corrected chi connectivity index (χ4v) is 2.58. The number of hydrogen-bond donors (Lipinski definition) is 1. The quantitative estimate of drug-likeness (QED) is 0.860. The summed E-state index contributed by atoms with van der Waals surface area (Å²) in [5, 5.41) is 0. The molecule has 0 unspecified atom stereocenters. The zero-order valence-electron chi connectivity index (χ0n) is 12.5. The molecule has 0 bridgehead atoms. The summed E-state index contributed by atoms with van der Waals surface area (Å²) in [5.74, 6) is 0.732. The molecule has 1 heterocycles. The van der Waals surface area contributed by atoms with Gasteiger partial charge in [0.1, 0.15) is 0 Å². The van der Waals surface area contributed by atoms with Crippen molar-refractivity contribution >= 4 is 17.4 Å². The lowest BCUT2D eigenvalue weighted by molar-refractivity contribution is 0.180. The second-order valence-electron chi connectivity index (χ2n) is 5.70. The molecule has 0 radical (unpaired) electrons. The van der Waals surface area contributed by atoms with Gasteiger partial charge in [0.05, 0.1) is 0 Å². The topological polar surface area (TPSA) is 49.6 Å². The Labute approximate surface area is 121 Å². The highest BCUT2D eigenvalue weighted by Crippen LogP contribution is 2.22. The molecule has 1 saturated heterocycles. The Morgan fingerprint density at radius 3 is 2.45 bits per heavy atom. The highest BCUT2D eigenvalue weighted by atomic mass is 16.2. The Balaban J connectivity index is 2.11. The lowest BCUT2D eigenvalue weighted by Crippen LogP contribution is -2.47. The number of nitrogens with zero attached hydrogens (tertiary/aromatic N) is 2. The zero-order chi connectivity index (χ0) is 14.5. The monoisotopic (exact) mass is 275 g/mol. The molecule has 1 fully saturated rings. The SMILES string of the molecule is CCCN(C(=O)N1CCC(C)CC1)c1ccc(N)cc1. The average molecular weight is 275 g/mol. The minimum Gasteiger partial charge on any atom is -0.399 e. The Bertz CT molecular complexity index is 436. The third-order valence-corrected chi connectivity index (χ3v) is 3.94. The summed E-state index contributed by atoms with van der Waals surface area (Å²) in [5.41, 5.74) is 7.38. The van der Waals surface area contributed by atoms with E-state index < -0.39 is 0 Å². The van der Waals surface area contributed by atoms with E-state index in [-0.39, 0.29) is 6.03 Å². The van der Waals surface area contributed by atoms with Crippen LogP contribution in [-0.4, -0.2) is 30.6 Å². The number of nitrogen functional groups attached to an aromatic ring is 1. The summed E-state index contributed by atoms with van der Waals surface area (Å²) in [7, 11) is 0. The van der Waals surface area contributed by atoms with Gasteiger partial charge in [0.15, 0.2) is 0 Å². The lowest BCUT2D eigenvalue weighted by atomic mass is 9.99. The van der Waals surface area contributed by atoms with Crippen LogP contribution in [0.5, 0.6) is 0 Å². The summed E-state index contributed by atoms with van der Waals surface area (Å²) >= 11 is 0. The van der Waals surface area contributed by atoms with Crippen molar-refractivity contribution in [3.63, 3.8) is 0 Å². The zero-order valence-corrected chi connectivity index (χ0v) is 12.5. The number of urea groups is 1. The van der Waals surface area contributed by atoms with E-state index in [4.69, 9.17) is 5.73 Å². The molecular formula is C16H25N3O. The van der Waals surface area contributed by atoms with Crippen LogP contribution in [0.2, 0.25) is 0 Å². The van der Waals surface area contributed by atoms with Crippen LogP contribution in [0.3, 0.4) is 0 Å². The van der Waals surface area contributed by atoms with Crippen molar-refractivity contribution in [3.8, 4) is 0 Å². The van der Waals surface area contributed by atoms with E-state index in [9.17, 15) is 4.79 Å². The van der Waals surface area contributed by atoms with Crippen molar-refractivity contribution in [2.45, 2.75) is 33.1 Å². The maximum Gasteiger partial charge on any atom is 0.324 e. The number of anilines is 2. The first-order valence-electron chi connectivity index (χ1n) is 7.53. The van der Waals surface area contributed by atoms with Crippen molar-refractivity contribution in [2.75, 3.05) is 30.3 Å². The molecule has 2 rings (SSSR count). The molecule has 1 aromatic carbocycles. The Morgan fingerprint density at radius 2 is 1.90 bits per heavy atom. The van der Waals surface area contributed by atoms with Crippen LogP contribution in [0.25, 0.3) is 0 Å². The van der Waals surface area contributed by atoms with Crippen LogP contribution in [0.4, 0.5) is 16.2 Å². The van der Waals surface area contributed by atoms with Gasteiger partial charge in [-0.05, 0) is 49.4 Å². The minimum atomic E-state index is 0.128. The van der Waals surface area contributed by atoms with Gasteiger partial charge >= 0.3 is 6.03 Å². The number of nitrogens with two attached hydrogens (primary N) is 1. The van der Waals surface area contributed by atoms with Crippen LogP contribution in [0.1, 0.15) is 33.1 Å². The van der Waals surface area contributed by atoms with E-state index in [0.29, 0.717) is 0 Å². The maximum atomic E-state index is 12.7. The predicted molar refractivity (Wildman–Crippen MR) is 83.9 cm³/mol. The van der Waals surface area contributed by atoms with Crippen molar-refractivity contribution in [2.24, 2.45) is 5.92 Å². The highest BCUT2D eigenvalue weighted by Gasteiger charge is 2.25. The van der Waals surface area contributed by atoms with Crippen molar-refractivity contribution in [3.05, 3.63) is 24.3 Å². The molecule has 0 aliphatic carbocycles. The van der Waals surface area contributed by atoms with Gasteiger partial charge in [-0.15, -0.1) is 0 Å². The first-order valence-corrected chi connectivity index (χ1v) is 7.53. The Kier molecular flexibility index (Phi) is 4.88. The molecule has 2 N–H and O–H groups in total. The standard InChI is InChI=1S/C16H25N3O/c1-3-10-19(15-6-4-14(17)5-7-15)16(20)18-11-8-13(2)9-12-18/h4-7,13H,3,8-12,17H2,1-2H3. The molecule has 20 heavy (non-hydrogen) atoms. The summed E-state index contributed by atoms with van der Waals surface area (Å²) in [6.45, 7) is 6.83. The fraction of sp³-hybridized carbons (Fsp3) is 0.562. The number of hydrogen-bond acceptors (Lipinski definition) is 2. The molecule has 1 aliphatic heterocycles. The van der Waals surface area contributed by atoms with E-state index in [1.807, 2.05) is 34.1 Å². The lowest BCUT2D eigenvalue weighted by Gasteiger charge is -2.35. The van der Waals surface area contributed by atoms with Crippen LogP contribution >= 0.6 is 0 Å². The molecule has 0 aromatic heterocycles. The van der Waals surface area contributed by atoms with E-state index in [1.165, 1.54) is 0 Å². The summed E-state index contributed by atoms with van der Waals surface area (Å²) < 4.78 is 0. The van der Waals surface area contributed by atoms with Crippen molar-refractivity contribution < 1.29 is 4.79 Å². The summed E-state index contributed by atoms with van der Waals surface area (Å²) in [6.07, 6.45) is 3.15. The molecular weight excluding hydrogens is 250 g/mol. The number of rotatable bonds is 3. The first-order chi connectivity index (χ1) is 9.61. The number of piperidine rings is 1. The summed E-state index contributed by atoms with van der Waals surface area (Å²) in [6, 6.07) is 7.68. The predicted octanol–water partition coefficient (Wildman–Crippen LogP) is 3.34. The highest BCUT2D eigenvalue weighted by molar-refractivity contribution is 5.92. The van der Waals surface area contributed by atoms with Gasteiger partial charge in [-0.1, -0.05) is 13.8 Å². The van der Waals surface area contributed by atoms with Crippen LogP contribution in [-0.2, 0) is 0 Å². The number of amides is 2. The van der Waals surface area contributed by atoms with Crippen LogP contribution in [0.15, 0.2) is 24.3 Å². The molecule has 0 saturated carbocycles. The van der Waals surface area contributed by atoms with Gasteiger partial charge in [0.2, 0.25) is 0 Å². The number of carbonyl (C=O) groups excluding carboxylic acids is 1. The van der Waals surface area contributed by atoms with Gasteiger partial charge in [0.25, 0.3) is 0 Å². The van der Waals surface area contributed by atoms with Gasteiger partial charge in [0, 0.05) is 31.0 Å². The smallest absolute Gasteiger partial charge is 0.324 e. The molecule has 4 nitrogen and oxygen atoms in total. The normalized spacial score (nSPS) is 16.2. The summed E-state index contributed by atoms with van der Waals surface area (Å²) in [4.78, 5) is 16.5. The molecule has 0 spiro atoms. The average Bonchev–Trinajstić information content (AvgIpc) is 2.46. The third kappa shape index (κ3) is 3.44. The number of carbonyl (C=O) groups is 1. The molecule has 4 heteroatoms. The molecule has 2 amide bonds. The van der Waals surface area contributed by atoms with E-state index >= 15 is 0 Å². The Hall–Kier alpha value is -1.71. The minimum absolute atomic E-state index is 0.128. The second kappa shape index (κ2) is 6.64. The third-order valence-electron chi connectivity index (χ3n) is 3.94. The van der Waals surface area contributed by atoms with Crippen LogP contribution in [0, 0.1) is 5.92 Å². The van der Waals surface area contributed by atoms with Gasteiger partial charge < -0.3 is 10.6 Å². The Morgan fingerprint density at radius 1 is 1.30 bits per heavy atom. The van der Waals surface area contributed by atoms with E-state index in [1.54, 1.807) is 0 Å². The first kappa shape index (κ1) is 14.7. The molecule has 0 atom stereocenters. The fourth-order valence-electron chi connectivity index (χ4n) is 2.58. The molecule has 110 valence electrons. The van der Waals surface area contributed by atoms with E-state index in [2.05, 4.69) is 13.8 Å². The van der Waals surface area contributed by atoms with Gasteiger partial charge in [-0.3, -0.25) is 4.90 Å². The van der Waals surface area contributed by atoms with Crippen LogP contribution < -0.4 is 10.6 Å². The van der Waals surface area contributed by atoms with Gasteiger partial charge in [-0.2, -0.15) is 0 Å². The maximum absolute atomic E-state index is 12.7. The van der Waals surface area contributed by atoms with Crippen molar-refractivity contribution in [1.29, 1.82) is 0 Å². The van der Waals surface area contributed by atoms with E-state index in [0.717, 1.165) is 56.2 Å². The number of benzene rings is 1. The number of likely N-dealkylation sites (tertiary alicyclic amines) is 1.